The van der Waals surface area contributed by atoms with Gasteiger partial charge in [-0.05, 0) is 36.8 Å². The molecule has 32 heavy (non-hydrogen) atoms. The Morgan fingerprint density at radius 3 is 2.41 bits per heavy atom. The number of aromatic nitrogens is 1. The summed E-state index contributed by atoms with van der Waals surface area (Å²) >= 11 is 0. The van der Waals surface area contributed by atoms with E-state index >= 15 is 0 Å². The van der Waals surface area contributed by atoms with Gasteiger partial charge >= 0.3 is 0 Å². The number of ether oxygens (including phenoxy) is 1. The first-order valence-corrected chi connectivity index (χ1v) is 10.4. The van der Waals surface area contributed by atoms with Gasteiger partial charge in [0.05, 0.1) is 0 Å². The van der Waals surface area contributed by atoms with Crippen molar-refractivity contribution in [1.82, 2.24) is 4.98 Å². The number of para-hydroxylation sites is 1. The summed E-state index contributed by atoms with van der Waals surface area (Å²) in [5.74, 6) is -0.282. The van der Waals surface area contributed by atoms with E-state index in [2.05, 4.69) is 15.6 Å². The molecule has 0 aliphatic heterocycles. The largest absolute Gasteiger partial charge is 0.372 e. The van der Waals surface area contributed by atoms with Crippen LogP contribution in [0.3, 0.4) is 0 Å². The molecule has 0 saturated carbocycles. The number of Topliss-reactive ketones (excluding diaryl/α,β-unsaturated/α-hetero) is 1. The van der Waals surface area contributed by atoms with Gasteiger partial charge in [-0.25, -0.2) is 0 Å². The summed E-state index contributed by atoms with van der Waals surface area (Å²) in [5, 5.41) is 7.08. The number of anilines is 2. The number of fused-ring (bicyclic) bond motifs is 1. The van der Waals surface area contributed by atoms with Crippen LogP contribution in [0.1, 0.15) is 28.9 Å². The monoisotopic (exact) mass is 427 g/mol. The molecule has 4 rings (SSSR count). The van der Waals surface area contributed by atoms with Gasteiger partial charge < -0.3 is 20.4 Å². The molecule has 1 amide bonds. The van der Waals surface area contributed by atoms with Crippen LogP contribution >= 0.6 is 0 Å². The first-order valence-electron chi connectivity index (χ1n) is 10.4. The smallest absolute Gasteiger partial charge is 0.253 e. The molecule has 3 N–H and O–H groups in total. The molecule has 6 nitrogen and oxygen atoms in total. The second-order valence-electron chi connectivity index (χ2n) is 7.55. The van der Waals surface area contributed by atoms with Crippen LogP contribution in [0.4, 0.5) is 11.4 Å². The number of methoxy groups -OCH3 is 1. The molecule has 1 aromatic heterocycles. The lowest BCUT2D eigenvalue weighted by Gasteiger charge is -2.20. The topological polar surface area (TPSA) is 83.2 Å². The molecular weight excluding hydrogens is 402 g/mol. The molecule has 0 aliphatic carbocycles. The van der Waals surface area contributed by atoms with Crippen LogP contribution in [0.15, 0.2) is 85.1 Å². The maximum Gasteiger partial charge on any atom is 0.253 e. The van der Waals surface area contributed by atoms with E-state index in [1.165, 1.54) is 7.11 Å². The molecule has 0 aliphatic rings. The number of nitrogens with one attached hydrogen (secondary N) is 3. The van der Waals surface area contributed by atoms with Gasteiger partial charge in [0.1, 0.15) is 12.1 Å². The van der Waals surface area contributed by atoms with Crippen LogP contribution < -0.4 is 10.6 Å². The van der Waals surface area contributed by atoms with E-state index in [9.17, 15) is 9.59 Å². The van der Waals surface area contributed by atoms with Crippen molar-refractivity contribution < 1.29 is 14.3 Å². The fourth-order valence-corrected chi connectivity index (χ4v) is 3.58. The SMILES string of the molecule is COC(C)C(=O)Nc1cccc(NC(C(=O)c2c[nH]c3ccccc23)c2ccccc2)c1. The maximum absolute atomic E-state index is 13.6. The third-order valence-electron chi connectivity index (χ3n) is 5.41. The Kier molecular flexibility index (Phi) is 6.33. The molecular formula is C26H25N3O3. The molecule has 162 valence electrons. The third kappa shape index (κ3) is 4.55. The van der Waals surface area contributed by atoms with Gasteiger partial charge in [-0.2, -0.15) is 0 Å². The number of ketones is 1. The van der Waals surface area contributed by atoms with E-state index in [0.29, 0.717) is 11.3 Å². The van der Waals surface area contributed by atoms with Crippen LogP contribution in [-0.4, -0.2) is 29.9 Å². The molecule has 0 radical (unpaired) electrons. The van der Waals surface area contributed by atoms with Gasteiger partial charge in [-0.1, -0.05) is 54.6 Å². The number of aromatic amines is 1. The summed E-state index contributed by atoms with van der Waals surface area (Å²) < 4.78 is 5.07. The van der Waals surface area contributed by atoms with E-state index in [0.717, 1.165) is 22.2 Å². The first-order chi connectivity index (χ1) is 15.6. The van der Waals surface area contributed by atoms with Crippen LogP contribution in [0.5, 0.6) is 0 Å². The maximum atomic E-state index is 13.6. The van der Waals surface area contributed by atoms with Crippen LogP contribution in [0, 0.1) is 0 Å². The summed E-state index contributed by atoms with van der Waals surface area (Å²) in [7, 11) is 1.49. The van der Waals surface area contributed by atoms with Gasteiger partial charge in [0.25, 0.3) is 5.91 Å². The Bertz CT molecular complexity index is 1230. The van der Waals surface area contributed by atoms with E-state index < -0.39 is 12.1 Å². The third-order valence-corrected chi connectivity index (χ3v) is 5.41. The molecule has 0 spiro atoms. The Hall–Kier alpha value is -3.90. The Labute approximate surface area is 186 Å². The highest BCUT2D eigenvalue weighted by atomic mass is 16.5. The fourth-order valence-electron chi connectivity index (χ4n) is 3.58. The van der Waals surface area contributed by atoms with Crippen molar-refractivity contribution in [3.63, 3.8) is 0 Å². The average Bonchev–Trinajstić information content (AvgIpc) is 3.26. The number of carbonyl (C=O) groups excluding carboxylic acids is 2. The second-order valence-corrected chi connectivity index (χ2v) is 7.55. The Morgan fingerprint density at radius 1 is 0.906 bits per heavy atom. The van der Waals surface area contributed by atoms with E-state index in [1.54, 1.807) is 25.3 Å². The zero-order chi connectivity index (χ0) is 22.5. The highest BCUT2D eigenvalue weighted by molar-refractivity contribution is 6.11. The van der Waals surface area contributed by atoms with Gasteiger partial charge in [-0.3, -0.25) is 9.59 Å². The lowest BCUT2D eigenvalue weighted by molar-refractivity contribution is -0.124. The molecule has 2 atom stereocenters. The zero-order valence-corrected chi connectivity index (χ0v) is 18.0. The molecule has 6 heteroatoms. The van der Waals surface area contributed by atoms with Crippen molar-refractivity contribution in [2.75, 3.05) is 17.7 Å². The van der Waals surface area contributed by atoms with Crippen molar-refractivity contribution in [1.29, 1.82) is 0 Å². The van der Waals surface area contributed by atoms with Gasteiger partial charge in [0.15, 0.2) is 5.78 Å². The highest BCUT2D eigenvalue weighted by Gasteiger charge is 2.24. The summed E-state index contributed by atoms with van der Waals surface area (Å²) in [6.07, 6.45) is 1.19. The number of benzene rings is 3. The number of rotatable bonds is 8. The van der Waals surface area contributed by atoms with Gasteiger partial charge in [0.2, 0.25) is 0 Å². The second kappa shape index (κ2) is 9.49. The molecule has 4 aromatic rings. The summed E-state index contributed by atoms with van der Waals surface area (Å²) in [4.78, 5) is 29.0. The minimum atomic E-state index is -0.598. The van der Waals surface area contributed by atoms with Crippen molar-refractivity contribution in [2.24, 2.45) is 0 Å². The standard InChI is InChI=1S/C26H25N3O3/c1-17(32-2)26(31)29-20-12-8-11-19(15-20)28-24(18-9-4-3-5-10-18)25(30)22-16-27-23-14-7-6-13-21(22)23/h3-17,24,27-28H,1-2H3,(H,29,31). The quantitative estimate of drug-likeness (QED) is 0.339. The minimum absolute atomic E-state index is 0.0453. The number of H-pyrrole nitrogens is 1. The molecule has 0 fully saturated rings. The van der Waals surface area contributed by atoms with E-state index in [1.807, 2.05) is 66.7 Å². The molecule has 0 bridgehead atoms. The Balaban J connectivity index is 1.65. The minimum Gasteiger partial charge on any atom is -0.372 e. The fraction of sp³-hybridized carbons (Fsp3) is 0.154. The predicted molar refractivity (Wildman–Crippen MR) is 127 cm³/mol. The van der Waals surface area contributed by atoms with E-state index in [4.69, 9.17) is 4.74 Å². The van der Waals surface area contributed by atoms with E-state index in [-0.39, 0.29) is 11.7 Å². The molecule has 0 saturated heterocycles. The zero-order valence-electron chi connectivity index (χ0n) is 18.0. The summed E-state index contributed by atoms with van der Waals surface area (Å²) in [6.45, 7) is 1.68. The Morgan fingerprint density at radius 2 is 1.62 bits per heavy atom. The molecule has 3 aromatic carbocycles. The summed E-state index contributed by atoms with van der Waals surface area (Å²) in [5.41, 5.74) is 3.73. The van der Waals surface area contributed by atoms with Crippen LogP contribution in [-0.2, 0) is 9.53 Å². The average molecular weight is 428 g/mol. The molecule has 2 unspecified atom stereocenters. The van der Waals surface area contributed by atoms with Crippen molar-refractivity contribution in [3.05, 3.63) is 96.2 Å². The van der Waals surface area contributed by atoms with Crippen molar-refractivity contribution in [3.8, 4) is 0 Å². The van der Waals surface area contributed by atoms with Gasteiger partial charge in [0, 0.05) is 41.1 Å². The van der Waals surface area contributed by atoms with Crippen molar-refractivity contribution in [2.45, 2.75) is 19.1 Å². The number of amides is 1. The number of carbonyl (C=O) groups is 2. The van der Waals surface area contributed by atoms with Crippen LogP contribution in [0.25, 0.3) is 10.9 Å². The number of hydrogen-bond acceptors (Lipinski definition) is 4. The van der Waals surface area contributed by atoms with Crippen LogP contribution in [0.2, 0.25) is 0 Å². The van der Waals surface area contributed by atoms with Crippen molar-refractivity contribution >= 4 is 34.0 Å². The first kappa shape index (κ1) is 21.3. The van der Waals surface area contributed by atoms with Gasteiger partial charge in [-0.15, -0.1) is 0 Å². The molecule has 1 heterocycles. The normalized spacial score (nSPS) is 12.8. The lowest BCUT2D eigenvalue weighted by atomic mass is 9.96. The number of hydrogen-bond donors (Lipinski definition) is 3. The highest BCUT2D eigenvalue weighted by Crippen LogP contribution is 2.28. The predicted octanol–water partition coefficient (Wildman–Crippen LogP) is 5.18. The summed E-state index contributed by atoms with van der Waals surface area (Å²) in [6, 6.07) is 24.0. The lowest BCUT2D eigenvalue weighted by Crippen LogP contribution is -2.26.